The Balaban J connectivity index is 1.38. The van der Waals surface area contributed by atoms with E-state index in [-0.39, 0.29) is 11.5 Å². The van der Waals surface area contributed by atoms with Gasteiger partial charge in [-0.05, 0) is 37.1 Å². The van der Waals surface area contributed by atoms with E-state index in [1.165, 1.54) is 12.4 Å². The van der Waals surface area contributed by atoms with Crippen LogP contribution in [0.2, 0.25) is 5.02 Å². The fourth-order valence-corrected chi connectivity index (χ4v) is 5.03. The number of nitrogens with zero attached hydrogens (tertiary/aromatic N) is 5. The minimum absolute atomic E-state index is 0.0838. The van der Waals surface area contributed by atoms with Gasteiger partial charge in [-0.25, -0.2) is 19.3 Å². The summed E-state index contributed by atoms with van der Waals surface area (Å²) in [5.41, 5.74) is 6.95. The van der Waals surface area contributed by atoms with Crippen molar-refractivity contribution in [1.29, 1.82) is 0 Å². The molecule has 0 bridgehead atoms. The first-order valence-corrected chi connectivity index (χ1v) is 12.0. The fourth-order valence-electron chi connectivity index (χ4n) is 4.80. The summed E-state index contributed by atoms with van der Waals surface area (Å²) in [4.78, 5) is 15.4. The number of hydrogen-bond acceptors (Lipinski definition) is 5. The van der Waals surface area contributed by atoms with E-state index in [4.69, 9.17) is 17.3 Å². The van der Waals surface area contributed by atoms with Crippen LogP contribution in [0.15, 0.2) is 55.0 Å². The molecule has 0 unspecified atom stereocenters. The number of aromatic nitrogens is 4. The first-order valence-electron chi connectivity index (χ1n) is 11.6. The van der Waals surface area contributed by atoms with Gasteiger partial charge >= 0.3 is 6.18 Å². The zero-order valence-corrected chi connectivity index (χ0v) is 20.6. The lowest BCUT2D eigenvalue weighted by Gasteiger charge is -2.33. The van der Waals surface area contributed by atoms with Crippen molar-refractivity contribution in [3.05, 3.63) is 77.2 Å². The van der Waals surface area contributed by atoms with Gasteiger partial charge in [-0.2, -0.15) is 13.2 Å². The molecule has 1 aliphatic heterocycles. The van der Waals surface area contributed by atoms with E-state index in [0.717, 1.165) is 36.4 Å². The highest BCUT2D eigenvalue weighted by molar-refractivity contribution is 6.33. The Morgan fingerprint density at radius 3 is 2.49 bits per heavy atom. The van der Waals surface area contributed by atoms with Crippen molar-refractivity contribution < 1.29 is 17.6 Å². The zero-order chi connectivity index (χ0) is 26.3. The number of alkyl halides is 3. The summed E-state index contributed by atoms with van der Waals surface area (Å²) in [7, 11) is 1.81. The monoisotopic (exact) mass is 530 g/mol. The van der Waals surface area contributed by atoms with Gasteiger partial charge in [-0.1, -0.05) is 29.8 Å². The van der Waals surface area contributed by atoms with Gasteiger partial charge in [0.15, 0.2) is 0 Å². The number of nitrogens with two attached hydrogens (primary N) is 1. The summed E-state index contributed by atoms with van der Waals surface area (Å²) in [6, 6.07) is 10.3. The SMILES string of the molecule is Cn1cc(-c2ccc(F)c(C(F)(F)F)c2)nc1C1CCN(c2ncnc(N)c2-c2ccccc2Cl)CC1. The van der Waals surface area contributed by atoms with Crippen LogP contribution in [0.5, 0.6) is 0 Å². The maximum absolute atomic E-state index is 13.7. The standard InChI is InChI=1S/C26H23ClF4N6/c1-36-13-21(16-6-7-20(28)18(12-16)26(29,30)31)35-24(36)15-8-10-37(11-9-15)25-22(23(32)33-14-34-25)17-4-2-3-5-19(17)27/h2-7,12-15H,8-11H2,1H3,(H2,32,33,34). The third kappa shape index (κ3) is 4.85. The molecule has 0 amide bonds. The van der Waals surface area contributed by atoms with Crippen molar-refractivity contribution >= 4 is 23.2 Å². The number of anilines is 2. The third-order valence-electron chi connectivity index (χ3n) is 6.64. The van der Waals surface area contributed by atoms with E-state index in [0.29, 0.717) is 41.0 Å². The van der Waals surface area contributed by atoms with Crippen molar-refractivity contribution in [2.75, 3.05) is 23.7 Å². The highest BCUT2D eigenvalue weighted by Gasteiger charge is 2.34. The first kappa shape index (κ1) is 25.0. The second kappa shape index (κ2) is 9.66. The Kier molecular flexibility index (Phi) is 6.53. The van der Waals surface area contributed by atoms with Gasteiger partial charge in [-0.3, -0.25) is 0 Å². The molecule has 0 atom stereocenters. The molecule has 0 spiro atoms. The van der Waals surface area contributed by atoms with Crippen molar-refractivity contribution in [3.8, 4) is 22.4 Å². The van der Waals surface area contributed by atoms with Crippen molar-refractivity contribution in [2.24, 2.45) is 7.05 Å². The molecule has 2 aromatic heterocycles. The van der Waals surface area contributed by atoms with Crippen LogP contribution >= 0.6 is 11.6 Å². The Labute approximate surface area is 215 Å². The smallest absolute Gasteiger partial charge is 0.383 e. The topological polar surface area (TPSA) is 72.9 Å². The molecule has 37 heavy (non-hydrogen) atoms. The first-order chi connectivity index (χ1) is 17.6. The highest BCUT2D eigenvalue weighted by atomic mass is 35.5. The summed E-state index contributed by atoms with van der Waals surface area (Å²) < 4.78 is 55.1. The molecule has 1 aliphatic rings. The average molecular weight is 531 g/mol. The van der Waals surface area contributed by atoms with Gasteiger partial charge in [0.25, 0.3) is 0 Å². The van der Waals surface area contributed by atoms with Crippen LogP contribution < -0.4 is 10.6 Å². The molecular weight excluding hydrogens is 508 g/mol. The van der Waals surface area contributed by atoms with Crippen LogP contribution in [0, 0.1) is 5.82 Å². The number of piperidine rings is 1. The lowest BCUT2D eigenvalue weighted by molar-refractivity contribution is -0.139. The molecule has 1 fully saturated rings. The van der Waals surface area contributed by atoms with Gasteiger partial charge in [0, 0.05) is 48.4 Å². The van der Waals surface area contributed by atoms with Crippen LogP contribution in [0.3, 0.4) is 0 Å². The Bertz CT molecular complexity index is 1440. The lowest BCUT2D eigenvalue weighted by atomic mass is 9.95. The lowest BCUT2D eigenvalue weighted by Crippen LogP contribution is -2.34. The zero-order valence-electron chi connectivity index (χ0n) is 19.8. The summed E-state index contributed by atoms with van der Waals surface area (Å²) in [5, 5.41) is 0.551. The highest BCUT2D eigenvalue weighted by Crippen LogP contribution is 2.40. The normalized spacial score (nSPS) is 14.8. The van der Waals surface area contributed by atoms with Gasteiger partial charge in [0.2, 0.25) is 0 Å². The largest absolute Gasteiger partial charge is 0.419 e. The Morgan fingerprint density at radius 1 is 1.05 bits per heavy atom. The van der Waals surface area contributed by atoms with Gasteiger partial charge in [0.1, 0.15) is 29.6 Å². The predicted octanol–water partition coefficient (Wildman–Crippen LogP) is 6.32. The molecule has 4 aromatic rings. The molecule has 2 N–H and O–H groups in total. The molecule has 3 heterocycles. The predicted molar refractivity (Wildman–Crippen MR) is 135 cm³/mol. The minimum Gasteiger partial charge on any atom is -0.383 e. The number of imidazole rings is 1. The molecule has 1 saturated heterocycles. The number of halogens is 5. The van der Waals surface area contributed by atoms with Crippen molar-refractivity contribution in [3.63, 3.8) is 0 Å². The van der Waals surface area contributed by atoms with E-state index in [1.807, 2.05) is 29.8 Å². The van der Waals surface area contributed by atoms with Crippen molar-refractivity contribution in [1.82, 2.24) is 19.5 Å². The van der Waals surface area contributed by atoms with Crippen molar-refractivity contribution in [2.45, 2.75) is 24.9 Å². The van der Waals surface area contributed by atoms with Crippen LogP contribution in [0.4, 0.5) is 29.2 Å². The number of rotatable bonds is 4. The molecule has 2 aromatic carbocycles. The number of aryl methyl sites for hydroxylation is 1. The van der Waals surface area contributed by atoms with Crippen LogP contribution in [0.25, 0.3) is 22.4 Å². The molecule has 192 valence electrons. The fraction of sp³-hybridized carbons (Fsp3) is 0.269. The van der Waals surface area contributed by atoms with Crippen LogP contribution in [-0.2, 0) is 13.2 Å². The minimum atomic E-state index is -4.78. The molecule has 5 rings (SSSR count). The summed E-state index contributed by atoms with van der Waals surface area (Å²) in [6.07, 6.45) is -0.186. The number of hydrogen-bond donors (Lipinski definition) is 1. The van der Waals surface area contributed by atoms with E-state index in [9.17, 15) is 17.6 Å². The van der Waals surface area contributed by atoms with E-state index in [2.05, 4.69) is 19.9 Å². The van der Waals surface area contributed by atoms with Crippen LogP contribution in [0.1, 0.15) is 30.1 Å². The summed E-state index contributed by atoms with van der Waals surface area (Å²) in [5.74, 6) is 0.583. The maximum Gasteiger partial charge on any atom is 0.419 e. The molecule has 0 aliphatic carbocycles. The van der Waals surface area contributed by atoms with Crippen LogP contribution in [-0.4, -0.2) is 32.6 Å². The molecular formula is C26H23ClF4N6. The van der Waals surface area contributed by atoms with Gasteiger partial charge in [0.05, 0.1) is 16.8 Å². The Morgan fingerprint density at radius 2 is 1.78 bits per heavy atom. The second-order valence-electron chi connectivity index (χ2n) is 8.99. The summed E-state index contributed by atoms with van der Waals surface area (Å²) >= 11 is 6.43. The van der Waals surface area contributed by atoms with E-state index in [1.54, 1.807) is 12.3 Å². The number of benzene rings is 2. The Hall–Kier alpha value is -3.66. The molecule has 6 nitrogen and oxygen atoms in total. The third-order valence-corrected chi connectivity index (χ3v) is 6.97. The summed E-state index contributed by atoms with van der Waals surface area (Å²) in [6.45, 7) is 1.32. The average Bonchev–Trinajstić information content (AvgIpc) is 3.25. The number of nitrogen functional groups attached to an aromatic ring is 1. The quantitative estimate of drug-likeness (QED) is 0.312. The maximum atomic E-state index is 13.7. The molecule has 0 radical (unpaired) electrons. The van der Waals surface area contributed by atoms with E-state index < -0.39 is 17.6 Å². The molecule has 11 heteroatoms. The second-order valence-corrected chi connectivity index (χ2v) is 9.39. The van der Waals surface area contributed by atoms with Gasteiger partial charge < -0.3 is 15.2 Å². The molecule has 0 saturated carbocycles. The van der Waals surface area contributed by atoms with E-state index >= 15 is 0 Å². The van der Waals surface area contributed by atoms with Gasteiger partial charge in [-0.15, -0.1) is 0 Å².